The van der Waals surface area contributed by atoms with Crippen LogP contribution in [0.15, 0.2) is 24.3 Å². The molecule has 0 unspecified atom stereocenters. The topological polar surface area (TPSA) is 63.0 Å². The van der Waals surface area contributed by atoms with Crippen molar-refractivity contribution in [3.8, 4) is 0 Å². The number of aromatic nitrogens is 5. The molecule has 3 aromatic rings. The van der Waals surface area contributed by atoms with Crippen molar-refractivity contribution in [2.24, 2.45) is 7.05 Å². The largest absolute Gasteiger partial charge is 0.354 e. The predicted molar refractivity (Wildman–Crippen MR) is 107 cm³/mol. The Hall–Kier alpha value is -2.54. The number of piperidine rings is 1. The summed E-state index contributed by atoms with van der Waals surface area (Å²) in [7, 11) is 6.18. The molecule has 142 valence electrons. The Morgan fingerprint density at radius 1 is 1.07 bits per heavy atom. The van der Waals surface area contributed by atoms with Gasteiger partial charge in [-0.05, 0) is 33.9 Å². The second-order valence-electron chi connectivity index (χ2n) is 7.71. The highest BCUT2D eigenvalue weighted by atomic mass is 15.3. The van der Waals surface area contributed by atoms with E-state index in [-0.39, 0.29) is 0 Å². The van der Waals surface area contributed by atoms with Gasteiger partial charge in [-0.2, -0.15) is 5.10 Å². The number of fused-ring (bicyclic) bond motifs is 1. The van der Waals surface area contributed by atoms with Gasteiger partial charge in [0.1, 0.15) is 11.6 Å². The fourth-order valence-corrected chi connectivity index (χ4v) is 3.99. The Labute approximate surface area is 160 Å². The lowest BCUT2D eigenvalue weighted by atomic mass is 9.96. The summed E-state index contributed by atoms with van der Waals surface area (Å²) in [4.78, 5) is 4.48. The summed E-state index contributed by atoms with van der Waals surface area (Å²) in [6, 6.07) is 8.41. The van der Waals surface area contributed by atoms with Crippen LogP contribution in [-0.2, 0) is 13.6 Å². The molecule has 27 heavy (non-hydrogen) atoms. The van der Waals surface area contributed by atoms with Crippen molar-refractivity contribution in [1.29, 1.82) is 0 Å². The zero-order valence-electron chi connectivity index (χ0n) is 16.6. The van der Waals surface area contributed by atoms with Crippen molar-refractivity contribution in [2.75, 3.05) is 32.1 Å². The van der Waals surface area contributed by atoms with Gasteiger partial charge in [-0.3, -0.25) is 0 Å². The lowest BCUT2D eigenvalue weighted by molar-refractivity contribution is 0.382. The Morgan fingerprint density at radius 3 is 2.63 bits per heavy atom. The monoisotopic (exact) mass is 365 g/mol. The van der Waals surface area contributed by atoms with E-state index in [0.29, 0.717) is 5.92 Å². The second-order valence-corrected chi connectivity index (χ2v) is 7.71. The standard InChI is InChI=1S/C20H27N7/c1-14-16-9-5-6-10-17(16)20(24-21-14)27-11-7-8-15(12-27)19-23-22-18(26(19)4)13-25(2)3/h5-6,9-10,15H,7-8,11-13H2,1-4H3/t15-/m1/s1. The van der Waals surface area contributed by atoms with Crippen LogP contribution >= 0.6 is 0 Å². The molecule has 1 saturated heterocycles. The fraction of sp³-hybridized carbons (Fsp3) is 0.500. The number of nitrogens with zero attached hydrogens (tertiary/aromatic N) is 7. The van der Waals surface area contributed by atoms with Gasteiger partial charge in [0.2, 0.25) is 0 Å². The molecule has 0 saturated carbocycles. The number of hydrogen-bond acceptors (Lipinski definition) is 6. The van der Waals surface area contributed by atoms with Crippen LogP contribution in [0.5, 0.6) is 0 Å². The van der Waals surface area contributed by atoms with E-state index in [1.807, 2.05) is 6.92 Å². The first-order valence-corrected chi connectivity index (χ1v) is 9.54. The molecule has 7 nitrogen and oxygen atoms in total. The lowest BCUT2D eigenvalue weighted by Gasteiger charge is -2.33. The minimum absolute atomic E-state index is 0.356. The van der Waals surface area contributed by atoms with E-state index in [0.717, 1.165) is 55.6 Å². The second kappa shape index (κ2) is 7.23. The minimum atomic E-state index is 0.356. The summed E-state index contributed by atoms with van der Waals surface area (Å²) in [5.74, 6) is 3.42. The van der Waals surface area contributed by atoms with Crippen LogP contribution in [0.4, 0.5) is 5.82 Å². The van der Waals surface area contributed by atoms with Crippen LogP contribution < -0.4 is 4.90 Å². The molecule has 0 bridgehead atoms. The molecule has 0 spiro atoms. The predicted octanol–water partition coefficient (Wildman–Crippen LogP) is 2.51. The maximum Gasteiger partial charge on any atom is 0.159 e. The minimum Gasteiger partial charge on any atom is -0.354 e. The first-order valence-electron chi connectivity index (χ1n) is 9.54. The molecule has 4 rings (SSSR count). The number of anilines is 1. The Kier molecular flexibility index (Phi) is 4.78. The van der Waals surface area contributed by atoms with E-state index in [1.165, 1.54) is 10.8 Å². The van der Waals surface area contributed by atoms with Crippen molar-refractivity contribution in [3.05, 3.63) is 41.6 Å². The first kappa shape index (κ1) is 17.9. The zero-order valence-corrected chi connectivity index (χ0v) is 16.6. The highest BCUT2D eigenvalue weighted by molar-refractivity contribution is 5.93. The van der Waals surface area contributed by atoms with Crippen LogP contribution in [0.1, 0.15) is 36.1 Å². The van der Waals surface area contributed by atoms with Crippen LogP contribution in [0.2, 0.25) is 0 Å². The Bertz CT molecular complexity index is 947. The number of benzene rings is 1. The van der Waals surface area contributed by atoms with Crippen LogP contribution in [-0.4, -0.2) is 57.0 Å². The van der Waals surface area contributed by atoms with Crippen molar-refractivity contribution in [3.63, 3.8) is 0 Å². The quantitative estimate of drug-likeness (QED) is 0.708. The molecule has 1 atom stereocenters. The molecule has 0 N–H and O–H groups in total. The average molecular weight is 365 g/mol. The molecule has 1 aliphatic rings. The number of hydrogen-bond donors (Lipinski definition) is 0. The molecule has 7 heteroatoms. The Balaban J connectivity index is 1.63. The van der Waals surface area contributed by atoms with Gasteiger partial charge in [0.25, 0.3) is 0 Å². The van der Waals surface area contributed by atoms with Crippen LogP contribution in [0.3, 0.4) is 0 Å². The molecule has 3 heterocycles. The summed E-state index contributed by atoms with van der Waals surface area (Å²) < 4.78 is 2.16. The summed E-state index contributed by atoms with van der Waals surface area (Å²) in [5, 5.41) is 20.2. The van der Waals surface area contributed by atoms with E-state index in [2.05, 4.69) is 80.2 Å². The molecule has 0 amide bonds. The summed E-state index contributed by atoms with van der Waals surface area (Å²) in [6.07, 6.45) is 2.24. The van der Waals surface area contributed by atoms with Crippen LogP contribution in [0, 0.1) is 6.92 Å². The molecular formula is C20H27N7. The smallest absolute Gasteiger partial charge is 0.159 e. The SMILES string of the molecule is Cc1nnc(N2CCC[C@@H](c3nnc(CN(C)C)n3C)C2)c2ccccc12. The van der Waals surface area contributed by atoms with Gasteiger partial charge in [0, 0.05) is 36.8 Å². The highest BCUT2D eigenvalue weighted by Crippen LogP contribution is 2.32. The molecule has 0 radical (unpaired) electrons. The van der Waals surface area contributed by atoms with E-state index < -0.39 is 0 Å². The van der Waals surface area contributed by atoms with Crippen LogP contribution in [0.25, 0.3) is 10.8 Å². The first-order chi connectivity index (χ1) is 13.0. The third kappa shape index (κ3) is 3.39. The van der Waals surface area contributed by atoms with Gasteiger partial charge < -0.3 is 14.4 Å². The zero-order chi connectivity index (χ0) is 19.0. The highest BCUT2D eigenvalue weighted by Gasteiger charge is 2.27. The lowest BCUT2D eigenvalue weighted by Crippen LogP contribution is -2.36. The molecule has 1 fully saturated rings. The third-order valence-electron chi connectivity index (χ3n) is 5.39. The van der Waals surface area contributed by atoms with Gasteiger partial charge in [-0.1, -0.05) is 24.3 Å². The maximum absolute atomic E-state index is 4.55. The molecule has 1 aromatic carbocycles. The number of aryl methyl sites for hydroxylation is 1. The third-order valence-corrected chi connectivity index (χ3v) is 5.39. The van der Waals surface area contributed by atoms with E-state index in [4.69, 9.17) is 0 Å². The van der Waals surface area contributed by atoms with E-state index in [1.54, 1.807) is 0 Å². The normalized spacial score (nSPS) is 17.8. The van der Waals surface area contributed by atoms with E-state index >= 15 is 0 Å². The van der Waals surface area contributed by atoms with Gasteiger partial charge in [0.15, 0.2) is 5.82 Å². The fourth-order valence-electron chi connectivity index (χ4n) is 3.99. The van der Waals surface area contributed by atoms with Crippen molar-refractivity contribution >= 4 is 16.6 Å². The summed E-state index contributed by atoms with van der Waals surface area (Å²) in [5.41, 5.74) is 0.976. The number of rotatable bonds is 4. The summed E-state index contributed by atoms with van der Waals surface area (Å²) >= 11 is 0. The average Bonchev–Trinajstić information content (AvgIpc) is 3.02. The molecule has 0 aliphatic carbocycles. The van der Waals surface area contributed by atoms with Gasteiger partial charge in [-0.15, -0.1) is 15.3 Å². The van der Waals surface area contributed by atoms with Gasteiger partial charge >= 0.3 is 0 Å². The van der Waals surface area contributed by atoms with Crippen molar-refractivity contribution in [1.82, 2.24) is 29.9 Å². The van der Waals surface area contributed by atoms with Crippen molar-refractivity contribution < 1.29 is 0 Å². The Morgan fingerprint density at radius 2 is 1.85 bits per heavy atom. The van der Waals surface area contributed by atoms with E-state index in [9.17, 15) is 0 Å². The maximum atomic E-state index is 4.55. The van der Waals surface area contributed by atoms with Gasteiger partial charge in [-0.25, -0.2) is 0 Å². The molecule has 2 aromatic heterocycles. The molecular weight excluding hydrogens is 338 g/mol. The summed E-state index contributed by atoms with van der Waals surface area (Å²) in [6.45, 7) is 4.72. The molecule has 1 aliphatic heterocycles. The van der Waals surface area contributed by atoms with Crippen molar-refractivity contribution in [2.45, 2.75) is 32.2 Å². The van der Waals surface area contributed by atoms with Gasteiger partial charge in [0.05, 0.1) is 12.2 Å².